The van der Waals surface area contributed by atoms with E-state index >= 15 is 0 Å². The molecule has 1 aromatic carbocycles. The van der Waals surface area contributed by atoms with Crippen molar-refractivity contribution in [1.29, 1.82) is 0 Å². The SMILES string of the molecule is COC(=O)CC1CN(Cc2ccccc2)CC1CC[N+](=O)[O-]. The molecule has 0 N–H and O–H groups in total. The molecule has 0 amide bonds. The van der Waals surface area contributed by atoms with Crippen molar-refractivity contribution >= 4 is 5.97 Å². The van der Waals surface area contributed by atoms with Gasteiger partial charge in [-0.1, -0.05) is 30.3 Å². The lowest BCUT2D eigenvalue weighted by molar-refractivity contribution is -0.481. The van der Waals surface area contributed by atoms with E-state index in [4.69, 9.17) is 4.74 Å². The van der Waals surface area contributed by atoms with Crippen LogP contribution in [0.5, 0.6) is 0 Å². The number of nitro groups is 1. The lowest BCUT2D eigenvalue weighted by Crippen LogP contribution is -2.21. The Morgan fingerprint density at radius 1 is 1.32 bits per heavy atom. The topological polar surface area (TPSA) is 72.7 Å². The minimum atomic E-state index is -0.283. The highest BCUT2D eigenvalue weighted by molar-refractivity contribution is 5.69. The quantitative estimate of drug-likeness (QED) is 0.437. The summed E-state index contributed by atoms with van der Waals surface area (Å²) in [6.45, 7) is 2.35. The second kappa shape index (κ2) is 7.89. The lowest BCUT2D eigenvalue weighted by atomic mass is 9.90. The predicted molar refractivity (Wildman–Crippen MR) is 81.8 cm³/mol. The Kier molecular flexibility index (Phi) is 5.89. The van der Waals surface area contributed by atoms with Gasteiger partial charge in [0.1, 0.15) is 0 Å². The van der Waals surface area contributed by atoms with Gasteiger partial charge in [-0.25, -0.2) is 0 Å². The molecular formula is C16H22N2O4. The van der Waals surface area contributed by atoms with Crippen LogP contribution in [0.4, 0.5) is 0 Å². The van der Waals surface area contributed by atoms with Crippen LogP contribution < -0.4 is 0 Å². The molecule has 6 heteroatoms. The highest BCUT2D eigenvalue weighted by Gasteiger charge is 2.34. The third-order valence-electron chi connectivity index (χ3n) is 4.24. The van der Waals surface area contributed by atoms with Gasteiger partial charge >= 0.3 is 5.97 Å². The van der Waals surface area contributed by atoms with Crippen molar-refractivity contribution in [2.24, 2.45) is 11.8 Å². The van der Waals surface area contributed by atoms with E-state index in [-0.39, 0.29) is 29.3 Å². The van der Waals surface area contributed by atoms with Gasteiger partial charge < -0.3 is 4.74 Å². The highest BCUT2D eigenvalue weighted by atomic mass is 16.6. The zero-order chi connectivity index (χ0) is 15.9. The van der Waals surface area contributed by atoms with Gasteiger partial charge in [-0.05, 0) is 17.4 Å². The summed E-state index contributed by atoms with van der Waals surface area (Å²) in [5.41, 5.74) is 1.22. The third-order valence-corrected chi connectivity index (χ3v) is 4.24. The Balaban J connectivity index is 1.96. The summed E-state index contributed by atoms with van der Waals surface area (Å²) in [4.78, 5) is 24.1. The molecule has 1 heterocycles. The second-order valence-electron chi connectivity index (χ2n) is 5.83. The molecule has 0 aromatic heterocycles. The minimum absolute atomic E-state index is 0.0402. The van der Waals surface area contributed by atoms with Crippen LogP contribution in [0.2, 0.25) is 0 Å². The molecule has 120 valence electrons. The maximum Gasteiger partial charge on any atom is 0.305 e. The molecule has 6 nitrogen and oxygen atoms in total. The van der Waals surface area contributed by atoms with Crippen LogP contribution in [-0.4, -0.2) is 42.5 Å². The fourth-order valence-corrected chi connectivity index (χ4v) is 3.13. The van der Waals surface area contributed by atoms with E-state index < -0.39 is 0 Å². The monoisotopic (exact) mass is 306 g/mol. The third kappa shape index (κ3) is 4.80. The maximum absolute atomic E-state index is 11.5. The summed E-state index contributed by atoms with van der Waals surface area (Å²) in [5.74, 6) is 0.0713. The summed E-state index contributed by atoms with van der Waals surface area (Å²) in [6.07, 6.45) is 0.851. The number of ether oxygens (including phenoxy) is 1. The molecule has 0 aliphatic carbocycles. The van der Waals surface area contributed by atoms with E-state index in [1.165, 1.54) is 12.7 Å². The largest absolute Gasteiger partial charge is 0.469 e. The molecule has 1 aliphatic rings. The van der Waals surface area contributed by atoms with Crippen LogP contribution in [0, 0.1) is 22.0 Å². The summed E-state index contributed by atoms with van der Waals surface area (Å²) < 4.78 is 4.75. The molecule has 2 rings (SSSR count). The van der Waals surface area contributed by atoms with Crippen LogP contribution in [0.3, 0.4) is 0 Å². The molecule has 0 radical (unpaired) electrons. The van der Waals surface area contributed by atoms with E-state index in [1.807, 2.05) is 18.2 Å². The number of carbonyl (C=O) groups excluding carboxylic acids is 1. The summed E-state index contributed by atoms with van der Waals surface area (Å²) >= 11 is 0. The normalized spacial score (nSPS) is 21.7. The van der Waals surface area contributed by atoms with Crippen LogP contribution >= 0.6 is 0 Å². The van der Waals surface area contributed by atoms with E-state index in [9.17, 15) is 14.9 Å². The summed E-state index contributed by atoms with van der Waals surface area (Å²) in [5, 5.41) is 10.6. The first-order valence-electron chi connectivity index (χ1n) is 7.53. The Labute approximate surface area is 130 Å². The smallest absolute Gasteiger partial charge is 0.305 e. The minimum Gasteiger partial charge on any atom is -0.469 e. The number of hydrogen-bond acceptors (Lipinski definition) is 5. The van der Waals surface area contributed by atoms with Crippen molar-refractivity contribution < 1.29 is 14.5 Å². The first-order valence-corrected chi connectivity index (χ1v) is 7.53. The second-order valence-corrected chi connectivity index (χ2v) is 5.83. The number of nitrogens with zero attached hydrogens (tertiary/aromatic N) is 2. The van der Waals surface area contributed by atoms with Crippen LogP contribution in [-0.2, 0) is 16.1 Å². The standard InChI is InChI=1S/C16H22N2O4/c1-22-16(19)9-15-12-17(10-13-5-3-2-4-6-13)11-14(15)7-8-18(20)21/h2-6,14-15H,7-12H2,1H3. The number of rotatable bonds is 7. The van der Waals surface area contributed by atoms with Crippen molar-refractivity contribution in [3.8, 4) is 0 Å². The van der Waals surface area contributed by atoms with Gasteiger partial charge in [-0.15, -0.1) is 0 Å². The molecule has 0 bridgehead atoms. The number of carbonyl (C=O) groups is 1. The molecule has 0 spiro atoms. The van der Waals surface area contributed by atoms with Gasteiger partial charge in [0.05, 0.1) is 7.11 Å². The molecule has 22 heavy (non-hydrogen) atoms. The van der Waals surface area contributed by atoms with Crippen LogP contribution in [0.1, 0.15) is 18.4 Å². The van der Waals surface area contributed by atoms with Crippen molar-refractivity contribution in [3.63, 3.8) is 0 Å². The number of hydrogen-bond donors (Lipinski definition) is 0. The van der Waals surface area contributed by atoms with Gasteiger partial charge in [0, 0.05) is 37.4 Å². The molecular weight excluding hydrogens is 284 g/mol. The average Bonchev–Trinajstić information content (AvgIpc) is 2.87. The number of benzene rings is 1. The molecule has 1 fully saturated rings. The van der Waals surface area contributed by atoms with E-state index in [2.05, 4.69) is 17.0 Å². The van der Waals surface area contributed by atoms with Crippen molar-refractivity contribution in [3.05, 3.63) is 46.0 Å². The number of methoxy groups -OCH3 is 1. The zero-order valence-electron chi connectivity index (χ0n) is 12.8. The van der Waals surface area contributed by atoms with Gasteiger partial charge in [0.2, 0.25) is 6.54 Å². The Morgan fingerprint density at radius 2 is 2.00 bits per heavy atom. The average molecular weight is 306 g/mol. The van der Waals surface area contributed by atoms with E-state index in [0.29, 0.717) is 12.8 Å². The molecule has 1 saturated heterocycles. The number of likely N-dealkylation sites (tertiary alicyclic amines) is 1. The highest BCUT2D eigenvalue weighted by Crippen LogP contribution is 2.30. The Morgan fingerprint density at radius 3 is 2.64 bits per heavy atom. The molecule has 1 aromatic rings. The maximum atomic E-state index is 11.5. The Hall–Kier alpha value is -1.95. The first-order chi connectivity index (χ1) is 10.6. The van der Waals surface area contributed by atoms with Gasteiger partial charge in [0.15, 0.2) is 0 Å². The zero-order valence-corrected chi connectivity index (χ0v) is 12.8. The predicted octanol–water partition coefficient (Wildman–Crippen LogP) is 1.96. The van der Waals surface area contributed by atoms with Crippen LogP contribution in [0.25, 0.3) is 0 Å². The van der Waals surface area contributed by atoms with Crippen molar-refractivity contribution in [2.45, 2.75) is 19.4 Å². The summed E-state index contributed by atoms with van der Waals surface area (Å²) in [7, 11) is 1.38. The van der Waals surface area contributed by atoms with Crippen molar-refractivity contribution in [2.75, 3.05) is 26.7 Å². The fourth-order valence-electron chi connectivity index (χ4n) is 3.13. The van der Waals surface area contributed by atoms with Gasteiger partial charge in [-0.3, -0.25) is 19.8 Å². The molecule has 2 unspecified atom stereocenters. The molecule has 1 aliphatic heterocycles. The van der Waals surface area contributed by atoms with E-state index in [1.54, 1.807) is 0 Å². The molecule has 0 saturated carbocycles. The Bertz CT molecular complexity index is 506. The first kappa shape index (κ1) is 16.4. The molecule has 2 atom stereocenters. The summed E-state index contributed by atoms with van der Waals surface area (Å²) in [6, 6.07) is 10.1. The van der Waals surface area contributed by atoms with Gasteiger partial charge in [-0.2, -0.15) is 0 Å². The lowest BCUT2D eigenvalue weighted by Gasteiger charge is -2.15. The van der Waals surface area contributed by atoms with Crippen molar-refractivity contribution in [1.82, 2.24) is 4.90 Å². The van der Waals surface area contributed by atoms with E-state index in [0.717, 1.165) is 19.6 Å². The van der Waals surface area contributed by atoms with Crippen LogP contribution in [0.15, 0.2) is 30.3 Å². The number of esters is 1. The fraction of sp³-hybridized carbons (Fsp3) is 0.562. The van der Waals surface area contributed by atoms with Gasteiger partial charge in [0.25, 0.3) is 0 Å².